The lowest BCUT2D eigenvalue weighted by atomic mass is 10.1. The number of morpholine rings is 1. The number of hydrogen-bond acceptors (Lipinski definition) is 4. The number of benzene rings is 1. The molecule has 0 radical (unpaired) electrons. The highest BCUT2D eigenvalue weighted by Crippen LogP contribution is 2.24. The smallest absolute Gasteiger partial charge is 0.282 e. The quantitative estimate of drug-likeness (QED) is 0.488. The second kappa shape index (κ2) is 6.41. The standard InChI is InChI=1S/C14H17ClN2O4/c1-9-3-4-13(17(19)20)12(5-9)14(18)16-7-11(6-15)21-8-10(16)2/h3-5,10-11H,6-8H2,1-2H3. The molecule has 0 spiro atoms. The van der Waals surface area contributed by atoms with Crippen LogP contribution in [0.1, 0.15) is 22.8 Å². The number of nitro groups is 1. The molecule has 0 saturated carbocycles. The maximum Gasteiger partial charge on any atom is 0.282 e. The van der Waals surface area contributed by atoms with Crippen LogP contribution in [0.3, 0.4) is 0 Å². The maximum absolute atomic E-state index is 12.7. The molecule has 2 atom stereocenters. The second-order valence-electron chi connectivity index (χ2n) is 5.19. The number of nitro benzene ring substituents is 1. The number of hydrogen-bond donors (Lipinski definition) is 0. The lowest BCUT2D eigenvalue weighted by Crippen LogP contribution is -2.51. The van der Waals surface area contributed by atoms with Crippen LogP contribution in [-0.4, -0.2) is 46.9 Å². The normalized spacial score (nSPS) is 22.1. The Labute approximate surface area is 127 Å². The predicted octanol–water partition coefficient (Wildman–Crippen LogP) is 2.37. The van der Waals surface area contributed by atoms with E-state index in [1.165, 1.54) is 6.07 Å². The molecular formula is C14H17ClN2O4. The number of carbonyl (C=O) groups excluding carboxylic acids is 1. The van der Waals surface area contributed by atoms with Gasteiger partial charge in [-0.25, -0.2) is 0 Å². The van der Waals surface area contributed by atoms with Crippen LogP contribution in [0.4, 0.5) is 5.69 Å². The topological polar surface area (TPSA) is 72.7 Å². The number of rotatable bonds is 3. The van der Waals surface area contributed by atoms with Crippen molar-refractivity contribution in [3.63, 3.8) is 0 Å². The van der Waals surface area contributed by atoms with Crippen LogP contribution in [-0.2, 0) is 4.74 Å². The zero-order valence-electron chi connectivity index (χ0n) is 11.9. The number of amides is 1. The summed E-state index contributed by atoms with van der Waals surface area (Å²) in [4.78, 5) is 24.8. The average Bonchev–Trinajstić information content (AvgIpc) is 2.46. The SMILES string of the molecule is Cc1ccc([N+](=O)[O-])c(C(=O)N2CC(CCl)OCC2C)c1. The summed E-state index contributed by atoms with van der Waals surface area (Å²) in [6.45, 7) is 4.37. The summed E-state index contributed by atoms with van der Waals surface area (Å²) >= 11 is 5.78. The van der Waals surface area contributed by atoms with Gasteiger partial charge in [0.25, 0.3) is 11.6 Å². The van der Waals surface area contributed by atoms with E-state index in [0.717, 1.165) is 5.56 Å². The van der Waals surface area contributed by atoms with Gasteiger partial charge < -0.3 is 9.64 Å². The Morgan fingerprint density at radius 1 is 1.57 bits per heavy atom. The minimum Gasteiger partial charge on any atom is -0.373 e. The monoisotopic (exact) mass is 312 g/mol. The molecular weight excluding hydrogens is 296 g/mol. The van der Waals surface area contributed by atoms with Crippen molar-refractivity contribution < 1.29 is 14.5 Å². The van der Waals surface area contributed by atoms with Gasteiger partial charge in [0.2, 0.25) is 0 Å². The van der Waals surface area contributed by atoms with Crippen molar-refractivity contribution in [2.24, 2.45) is 0 Å². The van der Waals surface area contributed by atoms with Gasteiger partial charge in [-0.05, 0) is 25.5 Å². The highest BCUT2D eigenvalue weighted by Gasteiger charge is 2.32. The van der Waals surface area contributed by atoms with Crippen molar-refractivity contribution >= 4 is 23.2 Å². The Kier molecular flexibility index (Phi) is 4.80. The fourth-order valence-corrected chi connectivity index (χ4v) is 2.52. The first-order valence-electron chi connectivity index (χ1n) is 6.67. The molecule has 1 saturated heterocycles. The molecule has 0 aliphatic carbocycles. The van der Waals surface area contributed by atoms with Crippen LogP contribution in [0, 0.1) is 17.0 Å². The molecule has 0 bridgehead atoms. The third-order valence-electron chi connectivity index (χ3n) is 3.52. The van der Waals surface area contributed by atoms with Crippen LogP contribution >= 0.6 is 11.6 Å². The first-order valence-corrected chi connectivity index (χ1v) is 7.21. The van der Waals surface area contributed by atoms with Crippen molar-refractivity contribution in [1.82, 2.24) is 4.90 Å². The lowest BCUT2D eigenvalue weighted by molar-refractivity contribution is -0.385. The van der Waals surface area contributed by atoms with Gasteiger partial charge in [-0.3, -0.25) is 14.9 Å². The van der Waals surface area contributed by atoms with E-state index in [-0.39, 0.29) is 35.2 Å². The minimum absolute atomic E-state index is 0.113. The van der Waals surface area contributed by atoms with E-state index in [0.29, 0.717) is 13.2 Å². The Balaban J connectivity index is 2.34. The highest BCUT2D eigenvalue weighted by molar-refractivity contribution is 6.18. The Morgan fingerprint density at radius 3 is 2.90 bits per heavy atom. The van der Waals surface area contributed by atoms with Gasteiger partial charge in [-0.1, -0.05) is 6.07 Å². The first kappa shape index (κ1) is 15.7. The molecule has 1 aromatic rings. The Hall–Kier alpha value is -1.66. The van der Waals surface area contributed by atoms with Crippen molar-refractivity contribution in [2.75, 3.05) is 19.0 Å². The zero-order chi connectivity index (χ0) is 15.6. The van der Waals surface area contributed by atoms with Gasteiger partial charge in [0.15, 0.2) is 0 Å². The van der Waals surface area contributed by atoms with Gasteiger partial charge in [0.05, 0.1) is 29.6 Å². The van der Waals surface area contributed by atoms with Crippen molar-refractivity contribution in [3.05, 3.63) is 39.4 Å². The number of halogens is 1. The van der Waals surface area contributed by atoms with Gasteiger partial charge in [-0.2, -0.15) is 0 Å². The molecule has 1 heterocycles. The molecule has 1 fully saturated rings. The van der Waals surface area contributed by atoms with E-state index in [1.807, 2.05) is 6.92 Å². The van der Waals surface area contributed by atoms with Crippen LogP contribution in [0.25, 0.3) is 0 Å². The molecule has 1 amide bonds. The van der Waals surface area contributed by atoms with E-state index in [2.05, 4.69) is 0 Å². The summed E-state index contributed by atoms with van der Waals surface area (Å²) < 4.78 is 5.50. The molecule has 21 heavy (non-hydrogen) atoms. The van der Waals surface area contributed by atoms with Crippen molar-refractivity contribution in [2.45, 2.75) is 26.0 Å². The van der Waals surface area contributed by atoms with Gasteiger partial charge in [0.1, 0.15) is 5.56 Å². The number of carbonyl (C=O) groups is 1. The van der Waals surface area contributed by atoms with Crippen LogP contribution in [0.2, 0.25) is 0 Å². The third-order valence-corrected chi connectivity index (χ3v) is 3.86. The Morgan fingerprint density at radius 2 is 2.29 bits per heavy atom. The average molecular weight is 313 g/mol. The summed E-state index contributed by atoms with van der Waals surface area (Å²) in [6.07, 6.45) is -0.240. The first-order chi connectivity index (χ1) is 9.93. The molecule has 7 heteroatoms. The zero-order valence-corrected chi connectivity index (χ0v) is 12.7. The van der Waals surface area contributed by atoms with E-state index >= 15 is 0 Å². The van der Waals surface area contributed by atoms with Gasteiger partial charge in [0, 0.05) is 12.6 Å². The fraction of sp³-hybridized carbons (Fsp3) is 0.500. The van der Waals surface area contributed by atoms with Crippen LogP contribution in [0.5, 0.6) is 0 Å². The molecule has 0 N–H and O–H groups in total. The predicted molar refractivity (Wildman–Crippen MR) is 78.8 cm³/mol. The molecule has 114 valence electrons. The van der Waals surface area contributed by atoms with E-state index in [4.69, 9.17) is 16.3 Å². The van der Waals surface area contributed by atoms with Crippen LogP contribution < -0.4 is 0 Å². The maximum atomic E-state index is 12.7. The molecule has 6 nitrogen and oxygen atoms in total. The summed E-state index contributed by atoms with van der Waals surface area (Å²) in [6, 6.07) is 4.40. The minimum atomic E-state index is -0.531. The molecule has 2 unspecified atom stereocenters. The van der Waals surface area contributed by atoms with Gasteiger partial charge >= 0.3 is 0 Å². The van der Waals surface area contributed by atoms with E-state index < -0.39 is 4.92 Å². The fourth-order valence-electron chi connectivity index (χ4n) is 2.33. The number of nitrogens with zero attached hydrogens (tertiary/aromatic N) is 2. The third kappa shape index (κ3) is 3.33. The Bertz CT molecular complexity index is 564. The number of alkyl halides is 1. The lowest BCUT2D eigenvalue weighted by Gasteiger charge is -2.37. The van der Waals surface area contributed by atoms with Crippen molar-refractivity contribution in [3.8, 4) is 0 Å². The van der Waals surface area contributed by atoms with Crippen LogP contribution in [0.15, 0.2) is 18.2 Å². The molecule has 2 rings (SSSR count). The highest BCUT2D eigenvalue weighted by atomic mass is 35.5. The largest absolute Gasteiger partial charge is 0.373 e. The number of aryl methyl sites for hydroxylation is 1. The summed E-state index contributed by atoms with van der Waals surface area (Å²) in [5.74, 6) is -0.0665. The second-order valence-corrected chi connectivity index (χ2v) is 5.50. The molecule has 0 aromatic heterocycles. The molecule has 1 aliphatic heterocycles. The summed E-state index contributed by atoms with van der Waals surface area (Å²) in [7, 11) is 0. The molecule has 1 aliphatic rings. The van der Waals surface area contributed by atoms with E-state index in [1.54, 1.807) is 24.0 Å². The van der Waals surface area contributed by atoms with E-state index in [9.17, 15) is 14.9 Å². The van der Waals surface area contributed by atoms with Crippen molar-refractivity contribution in [1.29, 1.82) is 0 Å². The number of ether oxygens (including phenoxy) is 1. The molecule has 1 aromatic carbocycles. The van der Waals surface area contributed by atoms with Gasteiger partial charge in [-0.15, -0.1) is 11.6 Å². The summed E-state index contributed by atoms with van der Waals surface area (Å²) in [5.41, 5.74) is 0.743. The summed E-state index contributed by atoms with van der Waals surface area (Å²) in [5, 5.41) is 11.1.